The number of likely N-dealkylation sites (tertiary alicyclic amines) is 1. The number of nitrogens with zero attached hydrogens (tertiary/aromatic N) is 1. The van der Waals surface area contributed by atoms with Crippen LogP contribution in [0.15, 0.2) is 0 Å². The van der Waals surface area contributed by atoms with Crippen molar-refractivity contribution < 1.29 is 28.9 Å². The Morgan fingerprint density at radius 1 is 1.30 bits per heavy atom. The van der Waals surface area contributed by atoms with E-state index < -0.39 is 41.7 Å². The third kappa shape index (κ3) is 2.88. The van der Waals surface area contributed by atoms with E-state index in [0.29, 0.717) is 0 Å². The van der Waals surface area contributed by atoms with Crippen molar-refractivity contribution in [3.05, 3.63) is 0 Å². The van der Waals surface area contributed by atoms with Crippen molar-refractivity contribution >= 4 is 12.1 Å². The zero-order valence-electron chi connectivity index (χ0n) is 12.4. The number of rotatable bonds is 1. The number of fused-ring (bicyclic) bond motifs is 1. The van der Waals surface area contributed by atoms with Crippen LogP contribution in [-0.2, 0) is 19.0 Å². The predicted octanol–water partition coefficient (Wildman–Crippen LogP) is 1.21. The standard InChI is InChI=1S/C13H21NO6/c1-12(2,3)20-11(17)14-6-7-9(8(14)10(15)16)19-13(4,5)18-7/h7-9H,6H2,1-5H3,(H,15,16). The number of carbonyl (C=O) groups is 2. The number of hydrogen-bond acceptors (Lipinski definition) is 5. The molecule has 2 aliphatic heterocycles. The SMILES string of the molecule is CC(C)(C)OC(=O)N1CC2OC(C)(C)OC2C1C(=O)O. The normalized spacial score (nSPS) is 32.0. The third-order valence-corrected chi connectivity index (χ3v) is 3.13. The third-order valence-electron chi connectivity index (χ3n) is 3.13. The largest absolute Gasteiger partial charge is 0.480 e. The van der Waals surface area contributed by atoms with Crippen LogP contribution in [0, 0.1) is 0 Å². The molecule has 0 saturated carbocycles. The Kier molecular flexibility index (Phi) is 3.46. The highest BCUT2D eigenvalue weighted by molar-refractivity contribution is 5.82. The van der Waals surface area contributed by atoms with Crippen LogP contribution < -0.4 is 0 Å². The summed E-state index contributed by atoms with van der Waals surface area (Å²) in [5.74, 6) is -1.95. The summed E-state index contributed by atoms with van der Waals surface area (Å²) in [6, 6.07) is -1.09. The Balaban J connectivity index is 2.16. The minimum atomic E-state index is -1.12. The van der Waals surface area contributed by atoms with E-state index in [0.717, 1.165) is 4.90 Å². The fourth-order valence-corrected chi connectivity index (χ4v) is 2.54. The van der Waals surface area contributed by atoms with Crippen molar-refractivity contribution in [1.29, 1.82) is 0 Å². The summed E-state index contributed by atoms with van der Waals surface area (Å²) in [5.41, 5.74) is -0.682. The maximum atomic E-state index is 12.1. The van der Waals surface area contributed by atoms with Gasteiger partial charge in [-0.05, 0) is 34.6 Å². The molecule has 2 heterocycles. The van der Waals surface area contributed by atoms with Crippen molar-refractivity contribution in [2.75, 3.05) is 6.54 Å². The number of aliphatic carboxylic acids is 1. The van der Waals surface area contributed by atoms with Crippen molar-refractivity contribution in [2.45, 2.75) is 64.3 Å². The average molecular weight is 287 g/mol. The number of hydrogen-bond donors (Lipinski definition) is 1. The molecule has 2 rings (SSSR count). The molecule has 20 heavy (non-hydrogen) atoms. The molecule has 0 aromatic rings. The molecule has 3 unspecified atom stereocenters. The zero-order valence-corrected chi connectivity index (χ0v) is 12.4. The monoisotopic (exact) mass is 287 g/mol. The average Bonchev–Trinajstić information content (AvgIpc) is 2.65. The quantitative estimate of drug-likeness (QED) is 0.780. The summed E-state index contributed by atoms with van der Waals surface area (Å²) in [6.07, 6.45) is -1.78. The molecule has 3 atom stereocenters. The maximum Gasteiger partial charge on any atom is 0.411 e. The van der Waals surface area contributed by atoms with Gasteiger partial charge in [-0.1, -0.05) is 0 Å². The van der Waals surface area contributed by atoms with E-state index in [1.807, 2.05) is 0 Å². The Hall–Kier alpha value is -1.34. The molecule has 2 aliphatic rings. The van der Waals surface area contributed by atoms with Gasteiger partial charge in [0.25, 0.3) is 0 Å². The first-order valence-corrected chi connectivity index (χ1v) is 6.58. The second-order valence-corrected chi connectivity index (χ2v) is 6.55. The number of carboxylic acids is 1. The Morgan fingerprint density at radius 3 is 2.40 bits per heavy atom. The molecular weight excluding hydrogens is 266 g/mol. The fraction of sp³-hybridized carbons (Fsp3) is 0.846. The van der Waals surface area contributed by atoms with Gasteiger partial charge < -0.3 is 19.3 Å². The van der Waals surface area contributed by atoms with Crippen molar-refractivity contribution in [1.82, 2.24) is 4.90 Å². The van der Waals surface area contributed by atoms with Gasteiger partial charge in [-0.15, -0.1) is 0 Å². The number of carboxylic acid groups (broad SMARTS) is 1. The molecule has 0 bridgehead atoms. The van der Waals surface area contributed by atoms with Gasteiger partial charge >= 0.3 is 12.1 Å². The summed E-state index contributed by atoms with van der Waals surface area (Å²) >= 11 is 0. The molecule has 114 valence electrons. The highest BCUT2D eigenvalue weighted by atomic mass is 16.8. The van der Waals surface area contributed by atoms with Crippen LogP contribution >= 0.6 is 0 Å². The maximum absolute atomic E-state index is 12.1. The first kappa shape index (κ1) is 15.1. The molecule has 0 spiro atoms. The van der Waals surface area contributed by atoms with E-state index >= 15 is 0 Å². The predicted molar refractivity (Wildman–Crippen MR) is 68.2 cm³/mol. The molecule has 1 amide bonds. The van der Waals surface area contributed by atoms with Gasteiger partial charge in [0.1, 0.15) is 17.8 Å². The summed E-state index contributed by atoms with van der Waals surface area (Å²) < 4.78 is 16.5. The number of carbonyl (C=O) groups excluding carboxylic acids is 1. The number of amides is 1. The van der Waals surface area contributed by atoms with E-state index in [2.05, 4.69) is 0 Å². The molecule has 2 saturated heterocycles. The van der Waals surface area contributed by atoms with Crippen molar-refractivity contribution in [3.63, 3.8) is 0 Å². The molecule has 7 heteroatoms. The van der Waals surface area contributed by atoms with Gasteiger partial charge in [0.05, 0.1) is 6.54 Å². The van der Waals surface area contributed by atoms with Gasteiger partial charge in [0.15, 0.2) is 11.8 Å². The van der Waals surface area contributed by atoms with Crippen molar-refractivity contribution in [2.24, 2.45) is 0 Å². The first-order chi connectivity index (χ1) is 9.00. The van der Waals surface area contributed by atoms with E-state index in [1.165, 1.54) is 0 Å². The molecule has 2 fully saturated rings. The lowest BCUT2D eigenvalue weighted by molar-refractivity contribution is -0.169. The van der Waals surface area contributed by atoms with E-state index in [1.54, 1.807) is 34.6 Å². The van der Waals surface area contributed by atoms with Crippen LogP contribution in [0.2, 0.25) is 0 Å². The Morgan fingerprint density at radius 2 is 1.90 bits per heavy atom. The van der Waals surface area contributed by atoms with E-state index in [-0.39, 0.29) is 6.54 Å². The highest BCUT2D eigenvalue weighted by Crippen LogP contribution is 2.37. The summed E-state index contributed by atoms with van der Waals surface area (Å²) in [6.45, 7) is 8.79. The summed E-state index contributed by atoms with van der Waals surface area (Å²) in [7, 11) is 0. The first-order valence-electron chi connectivity index (χ1n) is 6.58. The van der Waals surface area contributed by atoms with E-state index in [9.17, 15) is 14.7 Å². The fourth-order valence-electron chi connectivity index (χ4n) is 2.54. The van der Waals surface area contributed by atoms with Gasteiger partial charge in [0.2, 0.25) is 0 Å². The van der Waals surface area contributed by atoms with Gasteiger partial charge in [-0.3, -0.25) is 4.90 Å². The van der Waals surface area contributed by atoms with Crippen LogP contribution in [0.1, 0.15) is 34.6 Å². The minimum absolute atomic E-state index is 0.153. The van der Waals surface area contributed by atoms with Crippen LogP contribution in [0.3, 0.4) is 0 Å². The molecule has 0 aromatic carbocycles. The molecule has 0 aromatic heterocycles. The molecule has 7 nitrogen and oxygen atoms in total. The second-order valence-electron chi connectivity index (χ2n) is 6.55. The molecule has 1 N–H and O–H groups in total. The smallest absolute Gasteiger partial charge is 0.411 e. The second kappa shape index (κ2) is 4.60. The van der Waals surface area contributed by atoms with Gasteiger partial charge in [0, 0.05) is 0 Å². The lowest BCUT2D eigenvalue weighted by Gasteiger charge is -2.29. The topological polar surface area (TPSA) is 85.3 Å². The molecular formula is C13H21NO6. The molecule has 0 radical (unpaired) electrons. The Bertz CT molecular complexity index is 427. The van der Waals surface area contributed by atoms with E-state index in [4.69, 9.17) is 14.2 Å². The lowest BCUT2D eigenvalue weighted by Crippen LogP contribution is -2.48. The van der Waals surface area contributed by atoms with Crippen LogP contribution in [-0.4, -0.2) is 58.3 Å². The zero-order chi connectivity index (χ0) is 15.3. The Labute approximate surface area is 117 Å². The summed E-state index contributed by atoms with van der Waals surface area (Å²) in [5, 5.41) is 9.36. The van der Waals surface area contributed by atoms with Crippen LogP contribution in [0.25, 0.3) is 0 Å². The summed E-state index contributed by atoms with van der Waals surface area (Å²) in [4.78, 5) is 24.7. The van der Waals surface area contributed by atoms with Gasteiger partial charge in [-0.2, -0.15) is 0 Å². The number of ether oxygens (including phenoxy) is 3. The van der Waals surface area contributed by atoms with Crippen LogP contribution in [0.4, 0.5) is 4.79 Å². The highest BCUT2D eigenvalue weighted by Gasteiger charge is 2.57. The lowest BCUT2D eigenvalue weighted by atomic mass is 10.1. The molecule has 0 aliphatic carbocycles. The van der Waals surface area contributed by atoms with Crippen molar-refractivity contribution in [3.8, 4) is 0 Å². The van der Waals surface area contributed by atoms with Gasteiger partial charge in [-0.25, -0.2) is 9.59 Å². The van der Waals surface area contributed by atoms with Crippen LogP contribution in [0.5, 0.6) is 0 Å². The minimum Gasteiger partial charge on any atom is -0.480 e.